The fourth-order valence-electron chi connectivity index (χ4n) is 3.25. The maximum atomic E-state index is 13.0. The average molecular weight is 419 g/mol. The first-order valence-electron chi connectivity index (χ1n) is 11.0. The van der Waals surface area contributed by atoms with Gasteiger partial charge >= 0.3 is 5.97 Å². The highest BCUT2D eigenvalue weighted by molar-refractivity contribution is 5.99. The lowest BCUT2D eigenvalue weighted by Gasteiger charge is -2.34. The summed E-state index contributed by atoms with van der Waals surface area (Å²) < 4.78 is 11.0. The zero-order chi connectivity index (χ0) is 21.9. The van der Waals surface area contributed by atoms with Crippen LogP contribution >= 0.6 is 0 Å². The fraction of sp³-hybridized carbons (Fsp3) is 0.609. The quantitative estimate of drug-likeness (QED) is 0.440. The van der Waals surface area contributed by atoms with E-state index in [1.54, 1.807) is 31.2 Å². The van der Waals surface area contributed by atoms with Crippen LogP contribution in [0.25, 0.3) is 0 Å². The van der Waals surface area contributed by atoms with E-state index >= 15 is 0 Å². The van der Waals surface area contributed by atoms with E-state index in [1.807, 2.05) is 6.92 Å². The smallest absolute Gasteiger partial charge is 0.308 e. The van der Waals surface area contributed by atoms with Gasteiger partial charge in [-0.25, -0.2) is 0 Å². The SMILES string of the molecule is CCCCCCOc1ccc(C(=O)N2CCNC(=O)C2CC(=O)OC(C)CC)cc1. The van der Waals surface area contributed by atoms with Crippen molar-refractivity contribution in [2.75, 3.05) is 19.7 Å². The lowest BCUT2D eigenvalue weighted by Crippen LogP contribution is -2.57. The minimum absolute atomic E-state index is 0.152. The van der Waals surface area contributed by atoms with Crippen LogP contribution in [0.15, 0.2) is 24.3 Å². The molecular formula is C23H34N2O5. The molecule has 1 aromatic rings. The summed E-state index contributed by atoms with van der Waals surface area (Å²) in [6.07, 6.45) is 4.85. The third-order valence-electron chi connectivity index (χ3n) is 5.23. The summed E-state index contributed by atoms with van der Waals surface area (Å²) in [6.45, 7) is 7.25. The number of amides is 2. The zero-order valence-corrected chi connectivity index (χ0v) is 18.3. The molecule has 1 aliphatic rings. The van der Waals surface area contributed by atoms with E-state index < -0.39 is 12.0 Å². The summed E-state index contributed by atoms with van der Waals surface area (Å²) in [5.74, 6) is -0.368. The van der Waals surface area contributed by atoms with Crippen LogP contribution in [0.2, 0.25) is 0 Å². The van der Waals surface area contributed by atoms with Crippen molar-refractivity contribution < 1.29 is 23.9 Å². The summed E-state index contributed by atoms with van der Waals surface area (Å²) in [5.41, 5.74) is 0.461. The normalized spacial score (nSPS) is 17.2. The Morgan fingerprint density at radius 3 is 2.57 bits per heavy atom. The Bertz CT molecular complexity index is 704. The summed E-state index contributed by atoms with van der Waals surface area (Å²) in [5, 5.41) is 2.73. The second-order valence-corrected chi connectivity index (χ2v) is 7.65. The Kier molecular flexibility index (Phi) is 9.64. The van der Waals surface area contributed by atoms with Gasteiger partial charge in [-0.05, 0) is 44.0 Å². The molecule has 0 spiro atoms. The van der Waals surface area contributed by atoms with Crippen LogP contribution in [0, 0.1) is 0 Å². The van der Waals surface area contributed by atoms with E-state index in [0.717, 1.165) is 12.8 Å². The van der Waals surface area contributed by atoms with E-state index in [0.29, 0.717) is 37.4 Å². The van der Waals surface area contributed by atoms with Crippen molar-refractivity contribution in [3.63, 3.8) is 0 Å². The summed E-state index contributed by atoms with van der Waals surface area (Å²) in [7, 11) is 0. The van der Waals surface area contributed by atoms with Gasteiger partial charge in [0.2, 0.25) is 5.91 Å². The lowest BCUT2D eigenvalue weighted by atomic mass is 10.1. The van der Waals surface area contributed by atoms with Crippen molar-refractivity contribution in [1.29, 1.82) is 0 Å². The van der Waals surface area contributed by atoms with Crippen molar-refractivity contribution in [3.8, 4) is 5.75 Å². The molecule has 7 nitrogen and oxygen atoms in total. The number of carbonyl (C=O) groups excluding carboxylic acids is 3. The predicted molar refractivity (Wildman–Crippen MR) is 114 cm³/mol. The molecule has 2 amide bonds. The molecule has 1 saturated heterocycles. The second kappa shape index (κ2) is 12.2. The molecule has 0 saturated carbocycles. The van der Waals surface area contributed by atoms with Crippen molar-refractivity contribution in [1.82, 2.24) is 10.2 Å². The van der Waals surface area contributed by atoms with Crippen LogP contribution < -0.4 is 10.1 Å². The van der Waals surface area contributed by atoms with Gasteiger partial charge in [-0.3, -0.25) is 14.4 Å². The molecule has 7 heteroatoms. The summed E-state index contributed by atoms with van der Waals surface area (Å²) in [4.78, 5) is 39.0. The molecule has 0 bridgehead atoms. The molecule has 2 atom stereocenters. The van der Waals surface area contributed by atoms with Gasteiger partial charge in [-0.2, -0.15) is 0 Å². The van der Waals surface area contributed by atoms with Gasteiger partial charge < -0.3 is 19.7 Å². The molecule has 30 heavy (non-hydrogen) atoms. The molecule has 0 aromatic heterocycles. The fourth-order valence-corrected chi connectivity index (χ4v) is 3.25. The molecule has 2 rings (SSSR count). The Balaban J connectivity index is 1.98. The van der Waals surface area contributed by atoms with E-state index in [4.69, 9.17) is 9.47 Å². The number of nitrogens with one attached hydrogen (secondary N) is 1. The molecule has 1 aliphatic heterocycles. The van der Waals surface area contributed by atoms with E-state index in [2.05, 4.69) is 12.2 Å². The molecule has 2 unspecified atom stereocenters. The van der Waals surface area contributed by atoms with Crippen LogP contribution in [-0.2, 0) is 14.3 Å². The predicted octanol–water partition coefficient (Wildman–Crippen LogP) is 3.32. The monoisotopic (exact) mass is 418 g/mol. The van der Waals surface area contributed by atoms with Gasteiger partial charge in [0.15, 0.2) is 0 Å². The van der Waals surface area contributed by atoms with Gasteiger partial charge in [0, 0.05) is 18.7 Å². The zero-order valence-electron chi connectivity index (χ0n) is 18.3. The van der Waals surface area contributed by atoms with Crippen molar-refractivity contribution >= 4 is 17.8 Å². The first-order valence-corrected chi connectivity index (χ1v) is 11.0. The van der Waals surface area contributed by atoms with Crippen LogP contribution in [0.4, 0.5) is 0 Å². The Labute approximate surface area is 179 Å². The number of ether oxygens (including phenoxy) is 2. The summed E-state index contributed by atoms with van der Waals surface area (Å²) >= 11 is 0. The number of benzene rings is 1. The highest BCUT2D eigenvalue weighted by atomic mass is 16.5. The maximum Gasteiger partial charge on any atom is 0.308 e. The van der Waals surface area contributed by atoms with Crippen molar-refractivity contribution in [2.45, 2.75) is 71.4 Å². The Hall–Kier alpha value is -2.57. The van der Waals surface area contributed by atoms with Crippen LogP contribution in [0.3, 0.4) is 0 Å². The number of hydrogen-bond acceptors (Lipinski definition) is 5. The molecule has 1 aromatic carbocycles. The molecule has 0 aliphatic carbocycles. The summed E-state index contributed by atoms with van der Waals surface area (Å²) in [6, 6.07) is 6.07. The molecular weight excluding hydrogens is 384 g/mol. The van der Waals surface area contributed by atoms with Gasteiger partial charge in [-0.15, -0.1) is 0 Å². The standard InChI is InChI=1S/C23H34N2O5/c1-4-6-7-8-15-29-19-11-9-18(10-12-19)23(28)25-14-13-24-22(27)20(25)16-21(26)30-17(3)5-2/h9-12,17,20H,4-8,13-16H2,1-3H3,(H,24,27). The largest absolute Gasteiger partial charge is 0.494 e. The average Bonchev–Trinajstić information content (AvgIpc) is 2.75. The number of carbonyl (C=O) groups is 3. The minimum atomic E-state index is -0.864. The van der Waals surface area contributed by atoms with Crippen LogP contribution in [-0.4, -0.2) is 54.5 Å². The van der Waals surface area contributed by atoms with Gasteiger partial charge in [-0.1, -0.05) is 33.1 Å². The van der Waals surface area contributed by atoms with Crippen molar-refractivity contribution in [3.05, 3.63) is 29.8 Å². The number of unbranched alkanes of at least 4 members (excludes halogenated alkanes) is 3. The maximum absolute atomic E-state index is 13.0. The number of piperazine rings is 1. The number of esters is 1. The first-order chi connectivity index (χ1) is 14.5. The van der Waals surface area contributed by atoms with Crippen molar-refractivity contribution in [2.24, 2.45) is 0 Å². The van der Waals surface area contributed by atoms with Crippen LogP contribution in [0.1, 0.15) is 69.7 Å². The number of hydrogen-bond donors (Lipinski definition) is 1. The molecule has 1 N–H and O–H groups in total. The third-order valence-corrected chi connectivity index (χ3v) is 5.23. The first kappa shape index (κ1) is 23.7. The van der Waals surface area contributed by atoms with E-state index in [9.17, 15) is 14.4 Å². The Morgan fingerprint density at radius 2 is 1.90 bits per heavy atom. The van der Waals surface area contributed by atoms with Gasteiger partial charge in [0.25, 0.3) is 5.91 Å². The number of rotatable bonds is 11. The molecule has 1 heterocycles. The highest BCUT2D eigenvalue weighted by Crippen LogP contribution is 2.18. The molecule has 0 radical (unpaired) electrons. The van der Waals surface area contributed by atoms with E-state index in [1.165, 1.54) is 17.7 Å². The van der Waals surface area contributed by atoms with Gasteiger partial charge in [0.1, 0.15) is 11.8 Å². The topological polar surface area (TPSA) is 84.9 Å². The number of nitrogens with zero attached hydrogens (tertiary/aromatic N) is 1. The molecule has 166 valence electrons. The van der Waals surface area contributed by atoms with Gasteiger partial charge in [0.05, 0.1) is 19.1 Å². The van der Waals surface area contributed by atoms with E-state index in [-0.39, 0.29) is 24.3 Å². The Morgan fingerprint density at radius 1 is 1.17 bits per heavy atom. The highest BCUT2D eigenvalue weighted by Gasteiger charge is 2.35. The third kappa shape index (κ3) is 7.04. The van der Waals surface area contributed by atoms with Crippen LogP contribution in [0.5, 0.6) is 5.75 Å². The lowest BCUT2D eigenvalue weighted by molar-refractivity contribution is -0.151. The second-order valence-electron chi connectivity index (χ2n) is 7.65. The molecule has 1 fully saturated rings. The minimum Gasteiger partial charge on any atom is -0.494 e.